The maximum atomic E-state index is 12.8. The maximum Gasteiger partial charge on any atom is 0.239 e. The number of halogens is 1. The summed E-state index contributed by atoms with van der Waals surface area (Å²) in [6.45, 7) is 1.94. The summed E-state index contributed by atoms with van der Waals surface area (Å²) in [7, 11) is 5.19. The van der Waals surface area contributed by atoms with Gasteiger partial charge in [-0.05, 0) is 45.0 Å². The van der Waals surface area contributed by atoms with Crippen molar-refractivity contribution in [2.75, 3.05) is 33.1 Å². The predicted octanol–water partition coefficient (Wildman–Crippen LogP) is 3.40. The number of ether oxygens (including phenoxy) is 1. The molecule has 0 aliphatic heterocycles. The lowest BCUT2D eigenvalue weighted by Crippen LogP contribution is -2.49. The minimum Gasteiger partial charge on any atom is -0.495 e. The van der Waals surface area contributed by atoms with Gasteiger partial charge in [-0.2, -0.15) is 0 Å². The van der Waals surface area contributed by atoms with Gasteiger partial charge in [0, 0.05) is 18.1 Å². The van der Waals surface area contributed by atoms with Crippen LogP contribution in [0.1, 0.15) is 39.0 Å². The molecule has 2 amide bonds. The van der Waals surface area contributed by atoms with Crippen LogP contribution in [-0.2, 0) is 9.59 Å². The van der Waals surface area contributed by atoms with E-state index in [1.807, 2.05) is 18.9 Å². The van der Waals surface area contributed by atoms with Gasteiger partial charge in [0.05, 0.1) is 25.4 Å². The van der Waals surface area contributed by atoms with Crippen LogP contribution in [0.15, 0.2) is 18.2 Å². The zero-order valence-corrected chi connectivity index (χ0v) is 17.4. The molecular formula is C20H30ClN3O3. The summed E-state index contributed by atoms with van der Waals surface area (Å²) in [5.41, 5.74) is 0.515. The number of likely N-dealkylation sites (N-methyl/N-ethyl adjacent to an activating group) is 2. The third kappa shape index (κ3) is 5.84. The van der Waals surface area contributed by atoms with Gasteiger partial charge in [-0.25, -0.2) is 0 Å². The second-order valence-electron chi connectivity index (χ2n) is 7.22. The molecule has 7 heteroatoms. The van der Waals surface area contributed by atoms with Crippen molar-refractivity contribution in [3.8, 4) is 5.75 Å². The van der Waals surface area contributed by atoms with E-state index in [-0.39, 0.29) is 24.4 Å². The number of carbonyl (C=O) groups is 2. The van der Waals surface area contributed by atoms with Crippen LogP contribution in [0.3, 0.4) is 0 Å². The average molecular weight is 396 g/mol. The van der Waals surface area contributed by atoms with Crippen molar-refractivity contribution < 1.29 is 14.3 Å². The third-order valence-corrected chi connectivity index (χ3v) is 5.55. The molecule has 2 rings (SSSR count). The molecule has 0 unspecified atom stereocenters. The molecule has 0 heterocycles. The number of carbonyl (C=O) groups excluding carboxylic acids is 2. The Morgan fingerprint density at radius 2 is 1.93 bits per heavy atom. The Balaban J connectivity index is 1.93. The van der Waals surface area contributed by atoms with Crippen molar-refractivity contribution in [2.24, 2.45) is 0 Å². The van der Waals surface area contributed by atoms with E-state index in [1.165, 1.54) is 26.4 Å². The highest BCUT2D eigenvalue weighted by atomic mass is 35.5. The molecule has 0 saturated heterocycles. The Labute approximate surface area is 166 Å². The van der Waals surface area contributed by atoms with Crippen molar-refractivity contribution in [3.05, 3.63) is 23.2 Å². The Hall–Kier alpha value is -1.79. The number of nitrogens with one attached hydrogen (secondary N) is 1. The van der Waals surface area contributed by atoms with Crippen LogP contribution >= 0.6 is 11.6 Å². The zero-order valence-electron chi connectivity index (χ0n) is 16.6. The quantitative estimate of drug-likeness (QED) is 0.768. The highest BCUT2D eigenvalue weighted by Crippen LogP contribution is 2.27. The van der Waals surface area contributed by atoms with Crippen molar-refractivity contribution in [2.45, 2.75) is 51.1 Å². The minimum absolute atomic E-state index is 0.0533. The second-order valence-corrected chi connectivity index (χ2v) is 7.66. The Morgan fingerprint density at radius 3 is 2.56 bits per heavy atom. The van der Waals surface area contributed by atoms with Gasteiger partial charge in [0.1, 0.15) is 5.75 Å². The van der Waals surface area contributed by atoms with E-state index in [0.29, 0.717) is 22.5 Å². The predicted molar refractivity (Wildman–Crippen MR) is 108 cm³/mol. The molecule has 1 aromatic rings. The third-order valence-electron chi connectivity index (χ3n) is 5.32. The molecule has 0 spiro atoms. The molecule has 0 bridgehead atoms. The normalized spacial score (nSPS) is 16.1. The summed E-state index contributed by atoms with van der Waals surface area (Å²) >= 11 is 6.00. The van der Waals surface area contributed by atoms with Crippen molar-refractivity contribution in [1.29, 1.82) is 0 Å². The first-order chi connectivity index (χ1) is 12.8. The van der Waals surface area contributed by atoms with Crippen LogP contribution in [-0.4, -0.2) is 61.4 Å². The fourth-order valence-electron chi connectivity index (χ4n) is 3.46. The second kappa shape index (κ2) is 9.95. The molecule has 1 aliphatic rings. The molecule has 150 valence electrons. The molecule has 0 aromatic heterocycles. The van der Waals surface area contributed by atoms with E-state index in [0.717, 1.165) is 12.8 Å². The van der Waals surface area contributed by atoms with Gasteiger partial charge in [-0.1, -0.05) is 30.9 Å². The number of methoxy groups -OCH3 is 1. The molecule has 1 saturated carbocycles. The number of anilines is 1. The molecular weight excluding hydrogens is 366 g/mol. The lowest BCUT2D eigenvalue weighted by Gasteiger charge is -2.35. The SMILES string of the molecule is COc1ccc(Cl)cc1NC(=O)CN(C)[C@H](C)C(=O)N(C)C1CCCCC1. The van der Waals surface area contributed by atoms with E-state index in [2.05, 4.69) is 5.32 Å². The van der Waals surface area contributed by atoms with E-state index >= 15 is 0 Å². The molecule has 1 atom stereocenters. The minimum atomic E-state index is -0.371. The standard InChI is InChI=1S/C20H30ClN3O3/c1-14(20(26)24(3)16-8-6-5-7-9-16)23(2)13-19(25)22-17-12-15(21)10-11-18(17)27-4/h10-12,14,16H,5-9,13H2,1-4H3,(H,22,25)/t14-/m1/s1. The number of benzene rings is 1. The van der Waals surface area contributed by atoms with Crippen LogP contribution in [0, 0.1) is 0 Å². The lowest BCUT2D eigenvalue weighted by atomic mass is 9.94. The highest BCUT2D eigenvalue weighted by molar-refractivity contribution is 6.31. The molecule has 27 heavy (non-hydrogen) atoms. The summed E-state index contributed by atoms with van der Waals surface area (Å²) in [5, 5.41) is 3.32. The molecule has 1 N–H and O–H groups in total. The van der Waals surface area contributed by atoms with E-state index in [4.69, 9.17) is 16.3 Å². The van der Waals surface area contributed by atoms with Gasteiger partial charge in [0.15, 0.2) is 0 Å². The maximum absolute atomic E-state index is 12.8. The van der Waals surface area contributed by atoms with Crippen molar-refractivity contribution in [1.82, 2.24) is 9.80 Å². The van der Waals surface area contributed by atoms with E-state index in [1.54, 1.807) is 30.1 Å². The topological polar surface area (TPSA) is 61.9 Å². The summed E-state index contributed by atoms with van der Waals surface area (Å²) in [6, 6.07) is 4.98. The molecule has 6 nitrogen and oxygen atoms in total. The van der Waals surface area contributed by atoms with Crippen LogP contribution < -0.4 is 10.1 Å². The van der Waals surface area contributed by atoms with Gasteiger partial charge in [0.25, 0.3) is 0 Å². The van der Waals surface area contributed by atoms with Crippen LogP contribution in [0.2, 0.25) is 5.02 Å². The first-order valence-electron chi connectivity index (χ1n) is 9.43. The smallest absolute Gasteiger partial charge is 0.239 e. The van der Waals surface area contributed by atoms with Crippen molar-refractivity contribution >= 4 is 29.1 Å². The Bertz CT molecular complexity index is 662. The Kier molecular flexibility index (Phi) is 7.92. The summed E-state index contributed by atoms with van der Waals surface area (Å²) in [5.74, 6) is 0.368. The zero-order chi connectivity index (χ0) is 20.0. The molecule has 0 radical (unpaired) electrons. The van der Waals surface area contributed by atoms with E-state index in [9.17, 15) is 9.59 Å². The first-order valence-corrected chi connectivity index (χ1v) is 9.81. The van der Waals surface area contributed by atoms with E-state index < -0.39 is 0 Å². The highest BCUT2D eigenvalue weighted by Gasteiger charge is 2.28. The molecule has 1 aromatic carbocycles. The summed E-state index contributed by atoms with van der Waals surface area (Å²) in [4.78, 5) is 28.8. The number of rotatable bonds is 7. The van der Waals surface area contributed by atoms with Crippen LogP contribution in [0.4, 0.5) is 5.69 Å². The van der Waals surface area contributed by atoms with Crippen molar-refractivity contribution in [3.63, 3.8) is 0 Å². The number of hydrogen-bond donors (Lipinski definition) is 1. The van der Waals surface area contributed by atoms with Crippen LogP contribution in [0.5, 0.6) is 5.75 Å². The fourth-order valence-corrected chi connectivity index (χ4v) is 3.63. The van der Waals surface area contributed by atoms with Gasteiger partial charge in [0.2, 0.25) is 11.8 Å². The summed E-state index contributed by atoms with van der Waals surface area (Å²) in [6.07, 6.45) is 5.73. The van der Waals surface area contributed by atoms with Gasteiger partial charge >= 0.3 is 0 Å². The molecule has 1 fully saturated rings. The molecule has 1 aliphatic carbocycles. The fraction of sp³-hybridized carbons (Fsp3) is 0.600. The van der Waals surface area contributed by atoms with Gasteiger partial charge in [-0.3, -0.25) is 14.5 Å². The number of nitrogens with zero attached hydrogens (tertiary/aromatic N) is 2. The van der Waals surface area contributed by atoms with Gasteiger partial charge in [-0.15, -0.1) is 0 Å². The summed E-state index contributed by atoms with van der Waals surface area (Å²) < 4.78 is 5.24. The number of amides is 2. The largest absolute Gasteiger partial charge is 0.495 e. The number of hydrogen-bond acceptors (Lipinski definition) is 4. The average Bonchev–Trinajstić information content (AvgIpc) is 2.67. The monoisotopic (exact) mass is 395 g/mol. The van der Waals surface area contributed by atoms with Gasteiger partial charge < -0.3 is 15.0 Å². The van der Waals surface area contributed by atoms with Crippen LogP contribution in [0.25, 0.3) is 0 Å². The Morgan fingerprint density at radius 1 is 1.26 bits per heavy atom. The lowest BCUT2D eigenvalue weighted by molar-refractivity contribution is -0.137. The first kappa shape index (κ1) is 21.5.